The summed E-state index contributed by atoms with van der Waals surface area (Å²) in [5.41, 5.74) is 6.07. The minimum Gasteiger partial charge on any atom is -0.337 e. The predicted molar refractivity (Wildman–Crippen MR) is 90.2 cm³/mol. The van der Waals surface area contributed by atoms with E-state index in [-0.39, 0.29) is 5.82 Å². The van der Waals surface area contributed by atoms with Crippen LogP contribution in [0.2, 0.25) is 0 Å². The molecular weight excluding hydrogens is 289 g/mol. The average molecular weight is 305 g/mol. The highest BCUT2D eigenvalue weighted by Crippen LogP contribution is 2.24. The van der Waals surface area contributed by atoms with E-state index in [9.17, 15) is 9.65 Å². The molecule has 3 nitrogen and oxygen atoms in total. The fraction of sp³-hybridized carbons (Fsp3) is 0.158. The molecule has 1 heterocycles. The SMILES string of the molecule is Cc1cc(C)c(/C=C(/C#N)c2nc3ccc(F)cc3[nH]2)c(C)c1. The second kappa shape index (κ2) is 5.69. The Hall–Kier alpha value is -2.93. The third-order valence-corrected chi connectivity index (χ3v) is 3.85. The van der Waals surface area contributed by atoms with Crippen molar-refractivity contribution in [2.75, 3.05) is 0 Å². The first-order valence-corrected chi connectivity index (χ1v) is 7.33. The molecule has 0 fully saturated rings. The van der Waals surface area contributed by atoms with E-state index in [1.807, 2.05) is 26.8 Å². The fourth-order valence-electron chi connectivity index (χ4n) is 2.83. The van der Waals surface area contributed by atoms with Gasteiger partial charge in [0.05, 0.1) is 16.6 Å². The number of nitrogens with zero attached hydrogens (tertiary/aromatic N) is 2. The maximum Gasteiger partial charge on any atom is 0.149 e. The summed E-state index contributed by atoms with van der Waals surface area (Å²) < 4.78 is 13.3. The van der Waals surface area contributed by atoms with Crippen LogP contribution in [0.5, 0.6) is 0 Å². The number of hydrogen-bond donors (Lipinski definition) is 1. The number of imidazole rings is 1. The molecule has 0 radical (unpaired) electrons. The van der Waals surface area contributed by atoms with Gasteiger partial charge in [-0.2, -0.15) is 5.26 Å². The van der Waals surface area contributed by atoms with Crippen molar-refractivity contribution in [3.63, 3.8) is 0 Å². The molecule has 3 aromatic rings. The van der Waals surface area contributed by atoms with Crippen LogP contribution in [0.25, 0.3) is 22.7 Å². The topological polar surface area (TPSA) is 52.5 Å². The first-order chi connectivity index (χ1) is 11.0. The summed E-state index contributed by atoms with van der Waals surface area (Å²) in [5, 5.41) is 9.50. The summed E-state index contributed by atoms with van der Waals surface area (Å²) in [5.74, 6) is 0.118. The Morgan fingerprint density at radius 3 is 2.52 bits per heavy atom. The number of nitrogens with one attached hydrogen (secondary N) is 1. The van der Waals surface area contributed by atoms with E-state index < -0.39 is 0 Å². The minimum atomic E-state index is -0.333. The van der Waals surface area contributed by atoms with E-state index in [1.54, 1.807) is 6.07 Å². The van der Waals surface area contributed by atoms with Crippen molar-refractivity contribution in [3.8, 4) is 6.07 Å². The molecule has 0 amide bonds. The molecule has 4 heteroatoms. The van der Waals surface area contributed by atoms with Crippen LogP contribution in [-0.2, 0) is 0 Å². The molecule has 2 aromatic carbocycles. The Kier molecular flexibility index (Phi) is 3.71. The largest absolute Gasteiger partial charge is 0.337 e. The number of halogens is 1. The first-order valence-electron chi connectivity index (χ1n) is 7.33. The van der Waals surface area contributed by atoms with Gasteiger partial charge in [-0.25, -0.2) is 9.37 Å². The van der Waals surface area contributed by atoms with Crippen molar-refractivity contribution in [2.45, 2.75) is 20.8 Å². The second-order valence-electron chi connectivity index (χ2n) is 5.73. The number of allylic oxidation sites excluding steroid dienone is 1. The van der Waals surface area contributed by atoms with Crippen molar-refractivity contribution >= 4 is 22.7 Å². The van der Waals surface area contributed by atoms with Gasteiger partial charge in [0.1, 0.15) is 17.7 Å². The molecule has 1 N–H and O–H groups in total. The highest BCUT2D eigenvalue weighted by molar-refractivity contribution is 5.91. The van der Waals surface area contributed by atoms with Gasteiger partial charge in [-0.1, -0.05) is 17.7 Å². The smallest absolute Gasteiger partial charge is 0.149 e. The standard InChI is InChI=1S/C19H16FN3/c1-11-6-12(2)16(13(3)7-11)8-14(10-21)19-22-17-5-4-15(20)9-18(17)23-19/h4-9H,1-3H3,(H,22,23)/b14-8-. The van der Waals surface area contributed by atoms with Crippen LogP contribution in [0, 0.1) is 37.9 Å². The summed E-state index contributed by atoms with van der Waals surface area (Å²) in [6.07, 6.45) is 1.83. The molecule has 0 bridgehead atoms. The number of aryl methyl sites for hydroxylation is 3. The number of hydrogen-bond acceptors (Lipinski definition) is 2. The van der Waals surface area contributed by atoms with Crippen molar-refractivity contribution < 1.29 is 4.39 Å². The molecule has 1 aromatic heterocycles. The molecule has 0 saturated heterocycles. The molecule has 0 aliphatic rings. The Balaban J connectivity index is 2.13. The third kappa shape index (κ3) is 2.86. The van der Waals surface area contributed by atoms with Gasteiger partial charge in [-0.3, -0.25) is 0 Å². The average Bonchev–Trinajstić information content (AvgIpc) is 2.89. The Labute approximate surface area is 134 Å². The minimum absolute atomic E-state index is 0.333. The number of H-pyrrole nitrogens is 1. The van der Waals surface area contributed by atoms with E-state index in [0.717, 1.165) is 16.7 Å². The van der Waals surface area contributed by atoms with Crippen molar-refractivity contribution in [1.29, 1.82) is 5.26 Å². The molecule has 3 rings (SSSR count). The lowest BCUT2D eigenvalue weighted by atomic mass is 9.98. The van der Waals surface area contributed by atoms with Crippen LogP contribution < -0.4 is 0 Å². The summed E-state index contributed by atoms with van der Waals surface area (Å²) in [4.78, 5) is 7.40. The number of aromatic amines is 1. The molecular formula is C19H16FN3. The van der Waals surface area contributed by atoms with E-state index in [2.05, 4.69) is 28.2 Å². The van der Waals surface area contributed by atoms with Crippen molar-refractivity contribution in [1.82, 2.24) is 9.97 Å². The van der Waals surface area contributed by atoms with Crippen LogP contribution >= 0.6 is 0 Å². The van der Waals surface area contributed by atoms with Gasteiger partial charge in [-0.05, 0) is 61.7 Å². The number of nitriles is 1. The van der Waals surface area contributed by atoms with Crippen LogP contribution in [0.15, 0.2) is 30.3 Å². The maximum atomic E-state index is 13.3. The fourth-order valence-corrected chi connectivity index (χ4v) is 2.83. The lowest BCUT2D eigenvalue weighted by Crippen LogP contribution is -1.91. The van der Waals surface area contributed by atoms with Crippen molar-refractivity contribution in [2.24, 2.45) is 0 Å². The molecule has 23 heavy (non-hydrogen) atoms. The third-order valence-electron chi connectivity index (χ3n) is 3.85. The molecule has 0 aliphatic carbocycles. The van der Waals surface area contributed by atoms with Gasteiger partial charge in [-0.15, -0.1) is 0 Å². The normalized spacial score (nSPS) is 11.7. The van der Waals surface area contributed by atoms with Crippen LogP contribution in [0.4, 0.5) is 4.39 Å². The van der Waals surface area contributed by atoms with Gasteiger partial charge in [0, 0.05) is 0 Å². The highest BCUT2D eigenvalue weighted by Gasteiger charge is 2.10. The van der Waals surface area contributed by atoms with E-state index in [1.165, 1.54) is 17.7 Å². The van der Waals surface area contributed by atoms with Gasteiger partial charge >= 0.3 is 0 Å². The number of benzene rings is 2. The number of rotatable bonds is 2. The summed E-state index contributed by atoms with van der Waals surface area (Å²) in [6.45, 7) is 6.09. The summed E-state index contributed by atoms with van der Waals surface area (Å²) >= 11 is 0. The van der Waals surface area contributed by atoms with Gasteiger partial charge in [0.15, 0.2) is 0 Å². The first kappa shape index (κ1) is 15.0. The quantitative estimate of drug-likeness (QED) is 0.698. The zero-order valence-corrected chi connectivity index (χ0v) is 13.2. The lowest BCUT2D eigenvalue weighted by Gasteiger charge is -2.07. The Morgan fingerprint density at radius 1 is 1.17 bits per heavy atom. The number of fused-ring (bicyclic) bond motifs is 1. The van der Waals surface area contributed by atoms with Crippen LogP contribution in [-0.4, -0.2) is 9.97 Å². The van der Waals surface area contributed by atoms with Gasteiger partial charge in [0.2, 0.25) is 0 Å². The number of aromatic nitrogens is 2. The molecule has 0 spiro atoms. The van der Waals surface area contributed by atoms with Gasteiger partial charge in [0.25, 0.3) is 0 Å². The van der Waals surface area contributed by atoms with E-state index in [4.69, 9.17) is 0 Å². The highest BCUT2D eigenvalue weighted by atomic mass is 19.1. The predicted octanol–water partition coefficient (Wildman–Crippen LogP) is 4.69. The zero-order chi connectivity index (χ0) is 16.6. The molecule has 114 valence electrons. The monoisotopic (exact) mass is 305 g/mol. The summed E-state index contributed by atoms with van der Waals surface area (Å²) in [7, 11) is 0. The van der Waals surface area contributed by atoms with Crippen LogP contribution in [0.1, 0.15) is 28.1 Å². The zero-order valence-electron chi connectivity index (χ0n) is 13.2. The van der Waals surface area contributed by atoms with E-state index >= 15 is 0 Å². The van der Waals surface area contributed by atoms with Crippen LogP contribution in [0.3, 0.4) is 0 Å². The summed E-state index contributed by atoms with van der Waals surface area (Å²) in [6, 6.07) is 10.7. The lowest BCUT2D eigenvalue weighted by molar-refractivity contribution is 0.629. The molecule has 0 aliphatic heterocycles. The van der Waals surface area contributed by atoms with Crippen molar-refractivity contribution in [3.05, 3.63) is 64.2 Å². The van der Waals surface area contributed by atoms with E-state index in [0.29, 0.717) is 22.4 Å². The molecule has 0 atom stereocenters. The Bertz CT molecular complexity index is 951. The van der Waals surface area contributed by atoms with Gasteiger partial charge < -0.3 is 4.98 Å². The molecule has 0 saturated carbocycles. The Morgan fingerprint density at radius 2 is 1.87 bits per heavy atom. The maximum absolute atomic E-state index is 13.3. The molecule has 0 unspecified atom stereocenters. The second-order valence-corrected chi connectivity index (χ2v) is 5.73.